The first-order valence-corrected chi connectivity index (χ1v) is 4.71. The quantitative estimate of drug-likeness (QED) is 0.589. The van der Waals surface area contributed by atoms with Gasteiger partial charge in [0.1, 0.15) is 7.85 Å². The van der Waals surface area contributed by atoms with Crippen molar-refractivity contribution in [1.82, 2.24) is 9.78 Å². The lowest BCUT2D eigenvalue weighted by atomic mass is 9.86. The molecular weight excluding hydrogens is 159 g/mol. The van der Waals surface area contributed by atoms with Crippen LogP contribution in [0.25, 0.3) is 0 Å². The van der Waals surface area contributed by atoms with E-state index < -0.39 is 0 Å². The number of aromatic nitrogens is 2. The molecule has 0 saturated heterocycles. The molecule has 70 valence electrons. The molecule has 1 aromatic rings. The van der Waals surface area contributed by atoms with E-state index in [2.05, 4.69) is 32.8 Å². The van der Waals surface area contributed by atoms with Crippen molar-refractivity contribution in [1.29, 1.82) is 0 Å². The van der Waals surface area contributed by atoms with Crippen molar-refractivity contribution in [3.05, 3.63) is 11.3 Å². The SMILES string of the molecule is [B]c1c(C)c(C(C)(C)C)nn1CC. The van der Waals surface area contributed by atoms with E-state index in [0.29, 0.717) is 0 Å². The van der Waals surface area contributed by atoms with E-state index in [1.165, 1.54) is 0 Å². The topological polar surface area (TPSA) is 17.8 Å². The zero-order valence-electron chi connectivity index (χ0n) is 9.18. The summed E-state index contributed by atoms with van der Waals surface area (Å²) in [5.41, 5.74) is 3.10. The minimum absolute atomic E-state index is 0.0820. The molecule has 1 aromatic heterocycles. The van der Waals surface area contributed by atoms with Crippen LogP contribution in [-0.4, -0.2) is 17.6 Å². The number of nitrogens with zero attached hydrogens (tertiary/aromatic N) is 2. The molecule has 1 heterocycles. The molecule has 0 bridgehead atoms. The van der Waals surface area contributed by atoms with Gasteiger partial charge in [-0.1, -0.05) is 20.8 Å². The van der Waals surface area contributed by atoms with E-state index in [0.717, 1.165) is 23.4 Å². The summed E-state index contributed by atoms with van der Waals surface area (Å²) >= 11 is 0. The van der Waals surface area contributed by atoms with Gasteiger partial charge in [0.25, 0.3) is 0 Å². The minimum Gasteiger partial charge on any atom is -0.280 e. The van der Waals surface area contributed by atoms with E-state index in [1.54, 1.807) is 0 Å². The number of aryl methyl sites for hydroxylation is 1. The van der Waals surface area contributed by atoms with Crippen LogP contribution in [0.1, 0.15) is 39.0 Å². The van der Waals surface area contributed by atoms with Crippen LogP contribution in [0.15, 0.2) is 0 Å². The average molecular weight is 176 g/mol. The molecule has 2 nitrogen and oxygen atoms in total. The fraction of sp³-hybridized carbons (Fsp3) is 0.700. The lowest BCUT2D eigenvalue weighted by molar-refractivity contribution is 0.540. The molecule has 0 aromatic carbocycles. The Morgan fingerprint density at radius 1 is 1.38 bits per heavy atom. The zero-order chi connectivity index (χ0) is 10.2. The Morgan fingerprint density at radius 2 is 1.92 bits per heavy atom. The monoisotopic (exact) mass is 176 g/mol. The fourth-order valence-electron chi connectivity index (χ4n) is 1.52. The van der Waals surface area contributed by atoms with E-state index >= 15 is 0 Å². The van der Waals surface area contributed by atoms with E-state index in [9.17, 15) is 0 Å². The van der Waals surface area contributed by atoms with Gasteiger partial charge in [-0.25, -0.2) is 0 Å². The summed E-state index contributed by atoms with van der Waals surface area (Å²) in [6.07, 6.45) is 0. The molecule has 0 amide bonds. The van der Waals surface area contributed by atoms with Crippen LogP contribution in [0.4, 0.5) is 0 Å². The first-order valence-electron chi connectivity index (χ1n) is 4.71. The maximum Gasteiger partial charge on any atom is 0.141 e. The summed E-state index contributed by atoms with van der Waals surface area (Å²) in [6, 6.07) is 0. The standard InChI is InChI=1S/C10H17BN2/c1-6-13-9(11)7(2)8(12-13)10(3,4)5/h6H2,1-5H3. The van der Waals surface area contributed by atoms with Crippen LogP contribution in [0.2, 0.25) is 0 Å². The van der Waals surface area contributed by atoms with Gasteiger partial charge in [0.15, 0.2) is 0 Å². The molecule has 0 aliphatic heterocycles. The Morgan fingerprint density at radius 3 is 2.15 bits per heavy atom. The molecule has 0 aliphatic carbocycles. The molecule has 13 heavy (non-hydrogen) atoms. The number of hydrogen-bond donors (Lipinski definition) is 0. The highest BCUT2D eigenvalue weighted by Gasteiger charge is 2.21. The van der Waals surface area contributed by atoms with Gasteiger partial charge in [0.05, 0.1) is 5.69 Å². The molecule has 0 unspecified atom stereocenters. The van der Waals surface area contributed by atoms with Gasteiger partial charge >= 0.3 is 0 Å². The van der Waals surface area contributed by atoms with Crippen molar-refractivity contribution < 1.29 is 0 Å². The highest BCUT2D eigenvalue weighted by Crippen LogP contribution is 2.22. The first-order chi connectivity index (χ1) is 5.88. The second kappa shape index (κ2) is 3.20. The van der Waals surface area contributed by atoms with Gasteiger partial charge in [0, 0.05) is 12.0 Å². The number of hydrogen-bond acceptors (Lipinski definition) is 1. The molecule has 0 aliphatic rings. The van der Waals surface area contributed by atoms with E-state index in [4.69, 9.17) is 7.85 Å². The fourth-order valence-corrected chi connectivity index (χ4v) is 1.52. The van der Waals surface area contributed by atoms with Gasteiger partial charge in [0.2, 0.25) is 0 Å². The summed E-state index contributed by atoms with van der Waals surface area (Å²) < 4.78 is 1.86. The van der Waals surface area contributed by atoms with Gasteiger partial charge in [-0.15, -0.1) is 0 Å². The summed E-state index contributed by atoms with van der Waals surface area (Å²) in [5.74, 6) is 0. The van der Waals surface area contributed by atoms with E-state index in [-0.39, 0.29) is 5.41 Å². The van der Waals surface area contributed by atoms with Crippen LogP contribution in [-0.2, 0) is 12.0 Å². The van der Waals surface area contributed by atoms with Crippen molar-refractivity contribution in [3.8, 4) is 0 Å². The second-order valence-electron chi connectivity index (χ2n) is 4.42. The minimum atomic E-state index is 0.0820. The van der Waals surface area contributed by atoms with Gasteiger partial charge < -0.3 is 0 Å². The van der Waals surface area contributed by atoms with Gasteiger partial charge in [-0.3, -0.25) is 4.68 Å². The van der Waals surface area contributed by atoms with Crippen molar-refractivity contribution in [2.45, 2.75) is 46.6 Å². The van der Waals surface area contributed by atoms with Crippen LogP contribution in [0.3, 0.4) is 0 Å². The largest absolute Gasteiger partial charge is 0.280 e. The molecule has 0 N–H and O–H groups in total. The molecule has 0 saturated carbocycles. The highest BCUT2D eigenvalue weighted by molar-refractivity contribution is 6.32. The van der Waals surface area contributed by atoms with Gasteiger partial charge in [-0.05, 0) is 25.0 Å². The molecule has 2 radical (unpaired) electrons. The maximum absolute atomic E-state index is 5.91. The smallest absolute Gasteiger partial charge is 0.141 e. The van der Waals surface area contributed by atoms with Crippen molar-refractivity contribution in [2.75, 3.05) is 0 Å². The third-order valence-electron chi connectivity index (χ3n) is 2.25. The summed E-state index contributed by atoms with van der Waals surface area (Å²) in [4.78, 5) is 0. The molecule has 0 atom stereocenters. The first kappa shape index (κ1) is 10.4. The third kappa shape index (κ3) is 1.79. The third-order valence-corrected chi connectivity index (χ3v) is 2.25. The van der Waals surface area contributed by atoms with Crippen molar-refractivity contribution in [3.63, 3.8) is 0 Å². The van der Waals surface area contributed by atoms with Crippen LogP contribution < -0.4 is 5.59 Å². The summed E-state index contributed by atoms with van der Waals surface area (Å²) in [7, 11) is 5.91. The van der Waals surface area contributed by atoms with Crippen LogP contribution >= 0.6 is 0 Å². The van der Waals surface area contributed by atoms with Crippen LogP contribution in [0.5, 0.6) is 0 Å². The molecule has 1 rings (SSSR count). The predicted octanol–water partition coefficient (Wildman–Crippen LogP) is 1.30. The van der Waals surface area contributed by atoms with Crippen LogP contribution in [0, 0.1) is 6.92 Å². The Hall–Kier alpha value is -0.725. The number of rotatable bonds is 1. The molecule has 0 fully saturated rings. The molecule has 3 heteroatoms. The van der Waals surface area contributed by atoms with E-state index in [1.807, 2.05) is 11.6 Å². The van der Waals surface area contributed by atoms with Gasteiger partial charge in [-0.2, -0.15) is 5.10 Å². The lowest BCUT2D eigenvalue weighted by Gasteiger charge is -2.16. The Labute approximate surface area is 81.7 Å². The zero-order valence-corrected chi connectivity index (χ0v) is 9.18. The van der Waals surface area contributed by atoms with Crippen molar-refractivity contribution >= 4 is 13.4 Å². The predicted molar refractivity (Wildman–Crippen MR) is 56.7 cm³/mol. The van der Waals surface area contributed by atoms with Crippen molar-refractivity contribution in [2.24, 2.45) is 0 Å². The Balaban J connectivity index is 3.25. The highest BCUT2D eigenvalue weighted by atomic mass is 15.3. The Bertz CT molecular complexity index is 307. The Kier molecular flexibility index (Phi) is 2.55. The summed E-state index contributed by atoms with van der Waals surface area (Å²) in [6.45, 7) is 11.4. The molecular formula is C10H17BN2. The average Bonchev–Trinajstić information content (AvgIpc) is 2.28. The lowest BCUT2D eigenvalue weighted by Crippen LogP contribution is -2.18. The second-order valence-corrected chi connectivity index (χ2v) is 4.42. The summed E-state index contributed by atoms with van der Waals surface area (Å²) in [5, 5.41) is 4.49. The maximum atomic E-state index is 5.91. The molecule has 0 spiro atoms. The normalized spacial score (nSPS) is 12.1.